The molecular weight excluding hydrogens is 284 g/mol. The number of halogens is 1. The summed E-state index contributed by atoms with van der Waals surface area (Å²) in [5.41, 5.74) is 6.22. The highest BCUT2D eigenvalue weighted by Crippen LogP contribution is 2.29. The van der Waals surface area contributed by atoms with Gasteiger partial charge in [0.2, 0.25) is 0 Å². The molecule has 0 saturated carbocycles. The first kappa shape index (κ1) is 14.4. The van der Waals surface area contributed by atoms with Crippen molar-refractivity contribution in [1.29, 1.82) is 0 Å². The lowest BCUT2D eigenvalue weighted by Gasteiger charge is -2.15. The Labute approximate surface area is 121 Å². The number of nitrogens with two attached hydrogens (primary N) is 1. The zero-order chi connectivity index (χ0) is 13.8. The third kappa shape index (κ3) is 3.75. The molecule has 1 aliphatic carbocycles. The molecule has 2 rings (SSSR count). The summed E-state index contributed by atoms with van der Waals surface area (Å²) in [7, 11) is 0. The van der Waals surface area contributed by atoms with Crippen molar-refractivity contribution in [3.63, 3.8) is 0 Å². The van der Waals surface area contributed by atoms with E-state index in [0.717, 1.165) is 12.2 Å². The van der Waals surface area contributed by atoms with E-state index in [1.807, 2.05) is 6.08 Å². The van der Waals surface area contributed by atoms with Crippen LogP contribution in [0.1, 0.15) is 19.8 Å². The SMILES string of the molecule is CCCSc1nc(Cl)c(N)c(N[C@H]2C=C[C@@H](O)C2)n1. The minimum Gasteiger partial charge on any atom is -0.393 e. The van der Waals surface area contributed by atoms with Gasteiger partial charge in [-0.25, -0.2) is 9.97 Å². The first-order valence-corrected chi connectivity index (χ1v) is 7.55. The van der Waals surface area contributed by atoms with Crippen molar-refractivity contribution >= 4 is 34.9 Å². The normalized spacial score (nSPS) is 21.8. The molecule has 0 radical (unpaired) electrons. The van der Waals surface area contributed by atoms with E-state index in [9.17, 15) is 5.11 Å². The molecule has 5 nitrogen and oxygen atoms in total. The fraction of sp³-hybridized carbons (Fsp3) is 0.500. The van der Waals surface area contributed by atoms with Gasteiger partial charge in [-0.05, 0) is 6.42 Å². The third-order valence-corrected chi connectivity index (χ3v) is 4.04. The van der Waals surface area contributed by atoms with E-state index >= 15 is 0 Å². The lowest BCUT2D eigenvalue weighted by atomic mass is 10.2. The average molecular weight is 301 g/mol. The van der Waals surface area contributed by atoms with E-state index in [1.54, 1.807) is 17.8 Å². The van der Waals surface area contributed by atoms with Crippen LogP contribution in [0.4, 0.5) is 11.5 Å². The number of nitrogen functional groups attached to an aromatic ring is 1. The molecule has 0 bridgehead atoms. The van der Waals surface area contributed by atoms with Crippen LogP contribution in [0.15, 0.2) is 17.3 Å². The first-order chi connectivity index (χ1) is 9.10. The molecule has 0 spiro atoms. The van der Waals surface area contributed by atoms with Crippen LogP contribution in [0.3, 0.4) is 0 Å². The minimum absolute atomic E-state index is 0.0206. The molecule has 0 aromatic carbocycles. The summed E-state index contributed by atoms with van der Waals surface area (Å²) in [6.07, 6.45) is 4.89. The van der Waals surface area contributed by atoms with Gasteiger partial charge < -0.3 is 16.2 Å². The summed E-state index contributed by atoms with van der Waals surface area (Å²) >= 11 is 7.56. The number of aliphatic hydroxyl groups excluding tert-OH is 1. The second-order valence-electron chi connectivity index (χ2n) is 4.35. The predicted molar refractivity (Wildman–Crippen MR) is 79.6 cm³/mol. The molecule has 4 N–H and O–H groups in total. The van der Waals surface area contributed by atoms with Gasteiger partial charge in [0.15, 0.2) is 16.1 Å². The van der Waals surface area contributed by atoms with Crippen LogP contribution in [0.25, 0.3) is 0 Å². The molecule has 0 unspecified atom stereocenters. The molecule has 2 atom stereocenters. The largest absolute Gasteiger partial charge is 0.393 e. The van der Waals surface area contributed by atoms with Gasteiger partial charge in [0, 0.05) is 18.2 Å². The Balaban J connectivity index is 2.14. The number of rotatable bonds is 5. The molecule has 1 aromatic heterocycles. The molecular formula is C12H17ClN4OS. The highest BCUT2D eigenvalue weighted by atomic mass is 35.5. The van der Waals surface area contributed by atoms with E-state index in [2.05, 4.69) is 22.2 Å². The van der Waals surface area contributed by atoms with Crippen LogP contribution >= 0.6 is 23.4 Å². The number of thioether (sulfide) groups is 1. The molecule has 19 heavy (non-hydrogen) atoms. The Morgan fingerprint density at radius 3 is 2.95 bits per heavy atom. The second-order valence-corrected chi connectivity index (χ2v) is 5.77. The van der Waals surface area contributed by atoms with Crippen LogP contribution in [0, 0.1) is 0 Å². The molecule has 7 heteroatoms. The van der Waals surface area contributed by atoms with Gasteiger partial charge >= 0.3 is 0 Å². The maximum Gasteiger partial charge on any atom is 0.191 e. The molecule has 0 saturated heterocycles. The number of aliphatic hydroxyl groups is 1. The van der Waals surface area contributed by atoms with E-state index in [1.165, 1.54) is 0 Å². The van der Waals surface area contributed by atoms with Crippen LogP contribution in [0.5, 0.6) is 0 Å². The van der Waals surface area contributed by atoms with Gasteiger partial charge in [0.1, 0.15) is 5.69 Å². The molecule has 1 aromatic rings. The molecule has 0 amide bonds. The maximum absolute atomic E-state index is 9.45. The zero-order valence-corrected chi connectivity index (χ0v) is 12.2. The molecule has 104 valence electrons. The quantitative estimate of drug-likeness (QED) is 0.335. The Morgan fingerprint density at radius 1 is 1.53 bits per heavy atom. The number of anilines is 2. The van der Waals surface area contributed by atoms with E-state index in [-0.39, 0.29) is 11.2 Å². The van der Waals surface area contributed by atoms with E-state index in [0.29, 0.717) is 23.1 Å². The number of hydrogen-bond donors (Lipinski definition) is 3. The Hall–Kier alpha value is -0.980. The molecule has 1 heterocycles. The lowest BCUT2D eigenvalue weighted by molar-refractivity contribution is 0.220. The summed E-state index contributed by atoms with van der Waals surface area (Å²) in [5, 5.41) is 13.5. The zero-order valence-electron chi connectivity index (χ0n) is 10.6. The monoisotopic (exact) mass is 300 g/mol. The fourth-order valence-electron chi connectivity index (χ4n) is 1.75. The van der Waals surface area contributed by atoms with Crippen molar-refractivity contribution in [2.24, 2.45) is 0 Å². The van der Waals surface area contributed by atoms with E-state index < -0.39 is 6.10 Å². The first-order valence-electron chi connectivity index (χ1n) is 6.19. The molecule has 0 fully saturated rings. The van der Waals surface area contributed by atoms with Crippen LogP contribution < -0.4 is 11.1 Å². The Morgan fingerprint density at radius 2 is 2.32 bits per heavy atom. The Kier molecular flexibility index (Phi) is 4.90. The van der Waals surface area contributed by atoms with Crippen LogP contribution in [-0.2, 0) is 0 Å². The van der Waals surface area contributed by atoms with Crippen molar-refractivity contribution in [2.45, 2.75) is 37.1 Å². The van der Waals surface area contributed by atoms with Crippen molar-refractivity contribution in [1.82, 2.24) is 9.97 Å². The fourth-order valence-corrected chi connectivity index (χ4v) is 2.67. The maximum atomic E-state index is 9.45. The van der Waals surface area contributed by atoms with Gasteiger partial charge in [-0.3, -0.25) is 0 Å². The summed E-state index contributed by atoms with van der Waals surface area (Å²) in [4.78, 5) is 8.52. The predicted octanol–water partition coefficient (Wildman–Crippen LogP) is 2.32. The van der Waals surface area contributed by atoms with Crippen LogP contribution in [-0.4, -0.2) is 33.0 Å². The minimum atomic E-state index is -0.412. The van der Waals surface area contributed by atoms with Crippen molar-refractivity contribution in [2.75, 3.05) is 16.8 Å². The van der Waals surface area contributed by atoms with Gasteiger partial charge in [-0.2, -0.15) is 0 Å². The van der Waals surface area contributed by atoms with Crippen molar-refractivity contribution in [3.05, 3.63) is 17.3 Å². The van der Waals surface area contributed by atoms with Gasteiger partial charge in [-0.15, -0.1) is 0 Å². The number of nitrogens with zero attached hydrogens (tertiary/aromatic N) is 2. The van der Waals surface area contributed by atoms with Crippen LogP contribution in [0.2, 0.25) is 5.15 Å². The summed E-state index contributed by atoms with van der Waals surface area (Å²) in [5.74, 6) is 1.46. The van der Waals surface area contributed by atoms with E-state index in [4.69, 9.17) is 17.3 Å². The smallest absolute Gasteiger partial charge is 0.191 e. The van der Waals surface area contributed by atoms with Crippen molar-refractivity contribution < 1.29 is 5.11 Å². The highest BCUT2D eigenvalue weighted by molar-refractivity contribution is 7.99. The van der Waals surface area contributed by atoms with Gasteiger partial charge in [0.05, 0.1) is 6.10 Å². The van der Waals surface area contributed by atoms with Crippen molar-refractivity contribution in [3.8, 4) is 0 Å². The van der Waals surface area contributed by atoms with Gasteiger partial charge in [-0.1, -0.05) is 42.4 Å². The number of hydrogen-bond acceptors (Lipinski definition) is 6. The highest BCUT2D eigenvalue weighted by Gasteiger charge is 2.19. The van der Waals surface area contributed by atoms with Gasteiger partial charge in [0.25, 0.3) is 0 Å². The topological polar surface area (TPSA) is 84.1 Å². The summed E-state index contributed by atoms with van der Waals surface area (Å²) in [6.45, 7) is 2.09. The standard InChI is InChI=1S/C12H17ClN4OS/c1-2-5-19-12-16-10(13)9(14)11(17-12)15-7-3-4-8(18)6-7/h3-4,7-8,18H,2,5-6,14H2,1H3,(H,15,16,17)/t7-,8+/m0/s1. The molecule has 0 aliphatic heterocycles. The number of aromatic nitrogens is 2. The number of nitrogens with one attached hydrogen (secondary N) is 1. The molecule has 1 aliphatic rings. The summed E-state index contributed by atoms with van der Waals surface area (Å²) < 4.78 is 0. The second kappa shape index (κ2) is 6.45. The third-order valence-electron chi connectivity index (χ3n) is 2.70. The Bertz CT molecular complexity index is 483. The average Bonchev–Trinajstić information content (AvgIpc) is 2.78. The summed E-state index contributed by atoms with van der Waals surface area (Å²) in [6, 6.07) is 0.0206. The lowest BCUT2D eigenvalue weighted by Crippen LogP contribution is -2.19.